The lowest BCUT2D eigenvalue weighted by Crippen LogP contribution is -2.53. The first kappa shape index (κ1) is 14.4. The zero-order valence-corrected chi connectivity index (χ0v) is 11.1. The van der Waals surface area contributed by atoms with E-state index in [9.17, 15) is 18.0 Å². The molecule has 1 fully saturated rings. The topological polar surface area (TPSA) is 83.6 Å². The van der Waals surface area contributed by atoms with Crippen LogP contribution in [0.3, 0.4) is 0 Å². The highest BCUT2D eigenvalue weighted by atomic mass is 35.5. The van der Waals surface area contributed by atoms with E-state index in [1.807, 2.05) is 0 Å². The third kappa shape index (κ3) is 3.93. The number of hydrogen-bond acceptors (Lipinski definition) is 4. The summed E-state index contributed by atoms with van der Waals surface area (Å²) >= 11 is 5.41. The number of likely N-dealkylation sites (N-methyl/N-ethyl adjacent to an activating group) is 1. The number of rotatable bonds is 5. The number of nitrogens with one attached hydrogen (secondary N) is 1. The molecular formula is C9H15ClN2O4S. The molecule has 1 atom stereocenters. The van der Waals surface area contributed by atoms with Gasteiger partial charge in [0.25, 0.3) is 0 Å². The van der Waals surface area contributed by atoms with E-state index in [1.54, 1.807) is 0 Å². The fourth-order valence-electron chi connectivity index (χ4n) is 1.55. The third-order valence-corrected chi connectivity index (χ3v) is 4.26. The number of imide groups is 1. The van der Waals surface area contributed by atoms with Crippen LogP contribution in [0.5, 0.6) is 0 Å². The summed E-state index contributed by atoms with van der Waals surface area (Å²) in [4.78, 5) is 23.8. The van der Waals surface area contributed by atoms with Crippen LogP contribution in [0.1, 0.15) is 19.3 Å². The van der Waals surface area contributed by atoms with Crippen molar-refractivity contribution < 1.29 is 18.0 Å². The molecule has 98 valence electrons. The number of carbonyl (C=O) groups is 2. The van der Waals surface area contributed by atoms with Gasteiger partial charge in [-0.25, -0.2) is 13.1 Å². The molecule has 0 saturated carbocycles. The normalized spacial score (nSPS) is 22.0. The highest BCUT2D eigenvalue weighted by Gasteiger charge is 2.33. The fourth-order valence-corrected chi connectivity index (χ4v) is 3.13. The molecule has 1 aliphatic rings. The van der Waals surface area contributed by atoms with Gasteiger partial charge in [-0.3, -0.25) is 14.5 Å². The number of amides is 2. The molecule has 0 spiro atoms. The molecular weight excluding hydrogens is 268 g/mol. The van der Waals surface area contributed by atoms with Gasteiger partial charge in [0.1, 0.15) is 6.04 Å². The van der Waals surface area contributed by atoms with Crippen molar-refractivity contribution in [2.45, 2.75) is 25.3 Å². The minimum absolute atomic E-state index is 0.113. The number of carbonyl (C=O) groups excluding carboxylic acids is 2. The van der Waals surface area contributed by atoms with E-state index in [-0.39, 0.29) is 30.4 Å². The number of likely N-dealkylation sites (tertiary alicyclic amines) is 1. The van der Waals surface area contributed by atoms with Gasteiger partial charge in [-0.15, -0.1) is 11.6 Å². The van der Waals surface area contributed by atoms with Crippen LogP contribution in [0.2, 0.25) is 0 Å². The summed E-state index contributed by atoms with van der Waals surface area (Å²) in [7, 11) is -2.16. The van der Waals surface area contributed by atoms with Crippen molar-refractivity contribution in [3.8, 4) is 0 Å². The van der Waals surface area contributed by atoms with Gasteiger partial charge in [0.15, 0.2) is 0 Å². The van der Waals surface area contributed by atoms with Crippen LogP contribution in [0.25, 0.3) is 0 Å². The molecule has 0 aromatic rings. The molecule has 1 N–H and O–H groups in total. The number of piperidine rings is 1. The second kappa shape index (κ2) is 5.79. The van der Waals surface area contributed by atoms with Crippen molar-refractivity contribution in [3.63, 3.8) is 0 Å². The molecule has 0 aromatic heterocycles. The Morgan fingerprint density at radius 1 is 1.47 bits per heavy atom. The summed E-state index contributed by atoms with van der Waals surface area (Å²) < 4.78 is 25.4. The maximum absolute atomic E-state index is 11.6. The van der Waals surface area contributed by atoms with E-state index in [2.05, 4.69) is 4.72 Å². The molecule has 2 amide bonds. The Balaban J connectivity index is 2.63. The van der Waals surface area contributed by atoms with Gasteiger partial charge in [0, 0.05) is 19.3 Å². The number of sulfonamides is 1. The van der Waals surface area contributed by atoms with Crippen molar-refractivity contribution >= 4 is 33.4 Å². The van der Waals surface area contributed by atoms with E-state index >= 15 is 0 Å². The standard InChI is InChI=1S/C9H15ClN2O4S/c1-12-8(13)4-3-7(9(12)14)11-17(15,16)6-2-5-10/h7,11H,2-6H2,1H3. The molecule has 1 rings (SSSR count). The van der Waals surface area contributed by atoms with Crippen molar-refractivity contribution in [1.82, 2.24) is 9.62 Å². The van der Waals surface area contributed by atoms with E-state index < -0.39 is 22.0 Å². The Labute approximate surface area is 105 Å². The van der Waals surface area contributed by atoms with E-state index in [0.29, 0.717) is 6.42 Å². The minimum atomic E-state index is -3.51. The lowest BCUT2D eigenvalue weighted by atomic mass is 10.1. The van der Waals surface area contributed by atoms with Crippen LogP contribution in [0, 0.1) is 0 Å². The number of alkyl halides is 1. The molecule has 1 aliphatic heterocycles. The zero-order valence-electron chi connectivity index (χ0n) is 9.48. The van der Waals surface area contributed by atoms with Crippen LogP contribution in [-0.2, 0) is 19.6 Å². The quantitative estimate of drug-likeness (QED) is 0.553. The average Bonchev–Trinajstić information content (AvgIpc) is 2.27. The molecule has 0 radical (unpaired) electrons. The maximum Gasteiger partial charge on any atom is 0.247 e. The van der Waals surface area contributed by atoms with Crippen LogP contribution < -0.4 is 4.72 Å². The molecule has 1 heterocycles. The molecule has 1 saturated heterocycles. The van der Waals surface area contributed by atoms with Crippen LogP contribution >= 0.6 is 11.6 Å². The molecule has 17 heavy (non-hydrogen) atoms. The van der Waals surface area contributed by atoms with Gasteiger partial charge >= 0.3 is 0 Å². The smallest absolute Gasteiger partial charge is 0.247 e. The molecule has 1 unspecified atom stereocenters. The summed E-state index contributed by atoms with van der Waals surface area (Å²) in [6.45, 7) is 0. The highest BCUT2D eigenvalue weighted by molar-refractivity contribution is 7.89. The van der Waals surface area contributed by atoms with Crippen molar-refractivity contribution in [1.29, 1.82) is 0 Å². The lowest BCUT2D eigenvalue weighted by molar-refractivity contribution is -0.147. The van der Waals surface area contributed by atoms with Gasteiger partial charge in [-0.1, -0.05) is 0 Å². The first-order valence-corrected chi connectivity index (χ1v) is 7.42. The first-order valence-electron chi connectivity index (χ1n) is 5.24. The second-order valence-corrected chi connectivity index (χ2v) is 6.11. The summed E-state index contributed by atoms with van der Waals surface area (Å²) in [5, 5.41) is 0. The van der Waals surface area contributed by atoms with Gasteiger partial charge < -0.3 is 0 Å². The number of nitrogens with zero attached hydrogens (tertiary/aromatic N) is 1. The van der Waals surface area contributed by atoms with Crippen molar-refractivity contribution in [3.05, 3.63) is 0 Å². The third-order valence-electron chi connectivity index (χ3n) is 2.52. The fraction of sp³-hybridized carbons (Fsp3) is 0.778. The van der Waals surface area contributed by atoms with Gasteiger partial charge in [-0.2, -0.15) is 0 Å². The number of halogens is 1. The zero-order chi connectivity index (χ0) is 13.1. The Kier molecular flexibility index (Phi) is 4.91. The van der Waals surface area contributed by atoms with E-state index in [4.69, 9.17) is 11.6 Å². The molecule has 0 bridgehead atoms. The van der Waals surface area contributed by atoms with Gasteiger partial charge in [-0.05, 0) is 12.8 Å². The predicted octanol–water partition coefficient (Wildman–Crippen LogP) is -0.318. The van der Waals surface area contributed by atoms with Crippen LogP contribution in [0.15, 0.2) is 0 Å². The summed E-state index contributed by atoms with van der Waals surface area (Å²) in [5.74, 6) is -0.655. The summed E-state index contributed by atoms with van der Waals surface area (Å²) in [5.41, 5.74) is 0. The minimum Gasteiger partial charge on any atom is -0.284 e. The van der Waals surface area contributed by atoms with Crippen LogP contribution in [-0.4, -0.2) is 49.9 Å². The maximum atomic E-state index is 11.6. The highest BCUT2D eigenvalue weighted by Crippen LogP contribution is 2.12. The van der Waals surface area contributed by atoms with Gasteiger partial charge in [0.2, 0.25) is 21.8 Å². The van der Waals surface area contributed by atoms with E-state index in [1.165, 1.54) is 7.05 Å². The summed E-state index contributed by atoms with van der Waals surface area (Å²) in [6, 6.07) is -0.835. The predicted molar refractivity (Wildman–Crippen MR) is 63.1 cm³/mol. The van der Waals surface area contributed by atoms with E-state index in [0.717, 1.165) is 4.90 Å². The Morgan fingerprint density at radius 2 is 2.12 bits per heavy atom. The van der Waals surface area contributed by atoms with Gasteiger partial charge in [0.05, 0.1) is 5.75 Å². The van der Waals surface area contributed by atoms with Crippen molar-refractivity contribution in [2.24, 2.45) is 0 Å². The SMILES string of the molecule is CN1C(=O)CCC(NS(=O)(=O)CCCCl)C1=O. The average molecular weight is 283 g/mol. The molecule has 0 aromatic carbocycles. The Bertz CT molecular complexity index is 409. The lowest BCUT2D eigenvalue weighted by Gasteiger charge is -2.27. The Morgan fingerprint density at radius 3 is 2.71 bits per heavy atom. The van der Waals surface area contributed by atoms with Crippen molar-refractivity contribution in [2.75, 3.05) is 18.7 Å². The first-order chi connectivity index (χ1) is 7.87. The van der Waals surface area contributed by atoms with Crippen LogP contribution in [0.4, 0.5) is 0 Å². The molecule has 0 aliphatic carbocycles. The molecule has 6 nitrogen and oxygen atoms in total. The largest absolute Gasteiger partial charge is 0.284 e. The summed E-state index contributed by atoms with van der Waals surface area (Å²) in [6.07, 6.45) is 0.708. The Hall–Kier alpha value is -0.660. The number of hydrogen-bond donors (Lipinski definition) is 1. The monoisotopic (exact) mass is 282 g/mol. The second-order valence-electron chi connectivity index (χ2n) is 3.86. The molecule has 8 heteroatoms.